The fraction of sp³-hybridized carbons (Fsp3) is 0.250. The molecule has 172 valence electrons. The summed E-state index contributed by atoms with van der Waals surface area (Å²) in [5.41, 5.74) is 9.16. The quantitative estimate of drug-likeness (QED) is 0.374. The molecule has 34 heavy (non-hydrogen) atoms. The van der Waals surface area contributed by atoms with Crippen LogP contribution < -0.4 is 10.2 Å². The Morgan fingerprint density at radius 1 is 0.853 bits per heavy atom. The topological polar surface area (TPSA) is 46.0 Å². The largest absolute Gasteiger partial charge is 0.351 e. The summed E-state index contributed by atoms with van der Waals surface area (Å²) < 4.78 is 2.25. The number of nitrogens with one attached hydrogen (secondary N) is 1. The van der Waals surface area contributed by atoms with Gasteiger partial charge in [0, 0.05) is 29.5 Å². The van der Waals surface area contributed by atoms with E-state index < -0.39 is 0 Å². The van der Waals surface area contributed by atoms with Crippen molar-refractivity contribution >= 4 is 23.0 Å². The van der Waals surface area contributed by atoms with Gasteiger partial charge in [-0.25, -0.2) is 4.98 Å². The van der Waals surface area contributed by atoms with E-state index in [0.717, 1.165) is 34.2 Å². The first kappa shape index (κ1) is 22.3. The number of aromatic nitrogens is 3. The highest BCUT2D eigenvalue weighted by atomic mass is 32.1. The van der Waals surface area contributed by atoms with Crippen LogP contribution in [0.3, 0.4) is 0 Å². The molecular formula is C28H29N5S. The van der Waals surface area contributed by atoms with Crippen LogP contribution in [0.4, 0.5) is 5.69 Å². The third kappa shape index (κ3) is 3.78. The van der Waals surface area contributed by atoms with Crippen LogP contribution in [0.1, 0.15) is 51.4 Å². The van der Waals surface area contributed by atoms with Crippen LogP contribution in [-0.2, 0) is 0 Å². The molecule has 3 aromatic heterocycles. The van der Waals surface area contributed by atoms with E-state index in [1.807, 2.05) is 30.6 Å². The molecule has 0 saturated carbocycles. The molecular weight excluding hydrogens is 438 g/mol. The molecule has 5 rings (SSSR count). The Morgan fingerprint density at radius 2 is 1.59 bits per heavy atom. The van der Waals surface area contributed by atoms with Gasteiger partial charge in [0.25, 0.3) is 0 Å². The van der Waals surface area contributed by atoms with E-state index in [1.165, 1.54) is 16.7 Å². The standard InChI is InChI=1S/C28H29N5S/c1-17-13-18(2)15-22(14-17)33-26(25(31-28(33)34)24-10-6-7-11-29-24)23-16-20(4)32(21(23)5)27-19(3)9-8-12-30-27/h6-16,25-26H,1-5H3,(H,31,34)/t25-,26-/m1/s1. The zero-order chi connectivity index (χ0) is 24.0. The Balaban J connectivity index is 1.71. The van der Waals surface area contributed by atoms with Crippen LogP contribution >= 0.6 is 12.2 Å². The molecule has 1 aliphatic rings. The number of rotatable bonds is 4. The summed E-state index contributed by atoms with van der Waals surface area (Å²) in [5, 5.41) is 4.30. The number of thiocarbonyl (C=S) groups is 1. The minimum Gasteiger partial charge on any atom is -0.351 e. The summed E-state index contributed by atoms with van der Waals surface area (Å²) in [4.78, 5) is 11.7. The van der Waals surface area contributed by atoms with Crippen LogP contribution in [-0.4, -0.2) is 19.6 Å². The summed E-state index contributed by atoms with van der Waals surface area (Å²) in [6, 6.07) is 18.9. The molecule has 1 aromatic carbocycles. The molecule has 0 spiro atoms. The summed E-state index contributed by atoms with van der Waals surface area (Å²) in [6.45, 7) is 10.7. The molecule has 1 aliphatic heterocycles. The minimum atomic E-state index is -0.0757. The molecule has 1 N–H and O–H groups in total. The van der Waals surface area contributed by atoms with Crippen molar-refractivity contribution in [1.29, 1.82) is 0 Å². The highest BCUT2D eigenvalue weighted by Gasteiger charge is 2.42. The van der Waals surface area contributed by atoms with E-state index >= 15 is 0 Å². The maximum Gasteiger partial charge on any atom is 0.174 e. The lowest BCUT2D eigenvalue weighted by atomic mass is 9.96. The Bertz CT molecular complexity index is 1350. The predicted octanol–water partition coefficient (Wildman–Crippen LogP) is 5.99. The van der Waals surface area contributed by atoms with E-state index in [-0.39, 0.29) is 12.1 Å². The molecule has 4 aromatic rings. The van der Waals surface area contributed by atoms with Gasteiger partial charge in [-0.3, -0.25) is 4.98 Å². The molecule has 4 heterocycles. The van der Waals surface area contributed by atoms with Gasteiger partial charge < -0.3 is 14.8 Å². The third-order valence-corrected chi connectivity index (χ3v) is 6.88. The molecule has 1 fully saturated rings. The van der Waals surface area contributed by atoms with Crippen LogP contribution in [0.25, 0.3) is 5.82 Å². The Morgan fingerprint density at radius 3 is 2.26 bits per heavy atom. The average Bonchev–Trinajstić information content (AvgIpc) is 3.29. The van der Waals surface area contributed by atoms with Gasteiger partial charge in [-0.05, 0) is 105 Å². The fourth-order valence-corrected chi connectivity index (χ4v) is 5.51. The molecule has 0 aliphatic carbocycles. The lowest BCUT2D eigenvalue weighted by Gasteiger charge is -2.29. The summed E-state index contributed by atoms with van der Waals surface area (Å²) in [5.74, 6) is 0.963. The summed E-state index contributed by atoms with van der Waals surface area (Å²) in [6.07, 6.45) is 3.70. The molecule has 2 atom stereocenters. The first-order chi connectivity index (χ1) is 16.3. The number of nitrogens with zero attached hydrogens (tertiary/aromatic N) is 4. The number of aryl methyl sites for hydroxylation is 4. The molecule has 1 saturated heterocycles. The molecule has 0 radical (unpaired) electrons. The van der Waals surface area contributed by atoms with Crippen LogP contribution in [0, 0.1) is 34.6 Å². The van der Waals surface area contributed by atoms with Crippen molar-refractivity contribution < 1.29 is 0 Å². The predicted molar refractivity (Wildman–Crippen MR) is 142 cm³/mol. The van der Waals surface area contributed by atoms with Gasteiger partial charge in [-0.15, -0.1) is 0 Å². The van der Waals surface area contributed by atoms with Crippen molar-refractivity contribution in [2.75, 3.05) is 4.90 Å². The monoisotopic (exact) mass is 467 g/mol. The van der Waals surface area contributed by atoms with Crippen LogP contribution in [0.15, 0.2) is 67.0 Å². The number of hydrogen-bond donors (Lipinski definition) is 1. The molecule has 6 heteroatoms. The van der Waals surface area contributed by atoms with Crippen molar-refractivity contribution in [1.82, 2.24) is 19.9 Å². The normalized spacial score (nSPS) is 17.8. The average molecular weight is 468 g/mol. The lowest BCUT2D eigenvalue weighted by molar-refractivity contribution is 0.565. The number of anilines is 1. The second kappa shape index (κ2) is 8.69. The van der Waals surface area contributed by atoms with Crippen molar-refractivity contribution in [2.24, 2.45) is 0 Å². The van der Waals surface area contributed by atoms with Gasteiger partial charge in [-0.1, -0.05) is 18.2 Å². The second-order valence-corrected chi connectivity index (χ2v) is 9.54. The highest BCUT2D eigenvalue weighted by Crippen LogP contribution is 2.44. The SMILES string of the molecule is Cc1cc(C)cc(N2C(=S)N[C@H](c3ccccn3)[C@H]2c2cc(C)n(-c3ncccc3C)c2C)c1. The molecule has 0 amide bonds. The van der Waals surface area contributed by atoms with Crippen molar-refractivity contribution in [3.8, 4) is 5.82 Å². The Kier molecular flexibility index (Phi) is 5.70. The van der Waals surface area contributed by atoms with E-state index in [1.54, 1.807) is 0 Å². The van der Waals surface area contributed by atoms with E-state index in [9.17, 15) is 0 Å². The summed E-state index contributed by atoms with van der Waals surface area (Å²) in [7, 11) is 0. The maximum atomic E-state index is 5.93. The van der Waals surface area contributed by atoms with Gasteiger partial charge in [0.1, 0.15) is 5.82 Å². The van der Waals surface area contributed by atoms with E-state index in [4.69, 9.17) is 22.2 Å². The number of hydrogen-bond acceptors (Lipinski definition) is 3. The molecule has 5 nitrogen and oxygen atoms in total. The Labute approximate surface area is 206 Å². The van der Waals surface area contributed by atoms with E-state index in [2.05, 4.69) is 85.8 Å². The first-order valence-corrected chi connectivity index (χ1v) is 12.0. The zero-order valence-electron chi connectivity index (χ0n) is 20.2. The van der Waals surface area contributed by atoms with Crippen LogP contribution in [0.5, 0.6) is 0 Å². The number of pyridine rings is 2. The van der Waals surface area contributed by atoms with E-state index in [0.29, 0.717) is 5.11 Å². The van der Waals surface area contributed by atoms with Crippen molar-refractivity contribution in [3.05, 3.63) is 106 Å². The first-order valence-electron chi connectivity index (χ1n) is 11.5. The molecule has 0 unspecified atom stereocenters. The van der Waals surface area contributed by atoms with Gasteiger partial charge in [-0.2, -0.15) is 0 Å². The van der Waals surface area contributed by atoms with Gasteiger partial charge in [0.05, 0.1) is 17.8 Å². The van der Waals surface area contributed by atoms with Gasteiger partial charge in [0.2, 0.25) is 0 Å². The Hall–Kier alpha value is -3.51. The van der Waals surface area contributed by atoms with Gasteiger partial charge in [0.15, 0.2) is 5.11 Å². The summed E-state index contributed by atoms with van der Waals surface area (Å²) >= 11 is 5.93. The van der Waals surface area contributed by atoms with Crippen molar-refractivity contribution in [3.63, 3.8) is 0 Å². The van der Waals surface area contributed by atoms with Crippen molar-refractivity contribution in [2.45, 2.75) is 46.7 Å². The van der Waals surface area contributed by atoms with Gasteiger partial charge >= 0.3 is 0 Å². The maximum absolute atomic E-state index is 5.93. The third-order valence-electron chi connectivity index (χ3n) is 6.57. The molecule has 0 bridgehead atoms. The highest BCUT2D eigenvalue weighted by molar-refractivity contribution is 7.80. The smallest absolute Gasteiger partial charge is 0.174 e. The zero-order valence-corrected chi connectivity index (χ0v) is 21.0. The van der Waals surface area contributed by atoms with Crippen LogP contribution in [0.2, 0.25) is 0 Å². The minimum absolute atomic E-state index is 0.0485. The second-order valence-electron chi connectivity index (χ2n) is 9.15. The number of benzene rings is 1. The lowest BCUT2D eigenvalue weighted by Crippen LogP contribution is -2.29. The fourth-order valence-electron chi connectivity index (χ4n) is 5.16.